The van der Waals surface area contributed by atoms with Crippen LogP contribution < -0.4 is 15.8 Å². The Bertz CT molecular complexity index is 389. The molecule has 0 unspecified atom stereocenters. The summed E-state index contributed by atoms with van der Waals surface area (Å²) in [6.45, 7) is 4.20. The number of para-hydroxylation sites is 1. The minimum Gasteiger partial charge on any atom is -0.496 e. The van der Waals surface area contributed by atoms with E-state index in [2.05, 4.69) is 5.32 Å². The molecule has 5 heteroatoms. The summed E-state index contributed by atoms with van der Waals surface area (Å²) in [6.07, 6.45) is 0.306. The van der Waals surface area contributed by atoms with Crippen molar-refractivity contribution < 1.29 is 9.53 Å². The number of hydrogen-bond acceptors (Lipinski definition) is 3. The second kappa shape index (κ2) is 7.24. The highest BCUT2D eigenvalue weighted by atomic mass is 35.5. The van der Waals surface area contributed by atoms with Crippen molar-refractivity contribution in [1.82, 2.24) is 5.32 Å². The van der Waals surface area contributed by atoms with Gasteiger partial charge in [0, 0.05) is 17.6 Å². The molecular weight excluding hydrogens is 252 g/mol. The number of carbonyl (C=O) groups is 1. The second-order valence-corrected chi connectivity index (χ2v) is 4.75. The molecular formula is C13H21ClN2O2. The monoisotopic (exact) mass is 272 g/mol. The SMILES string of the molecule is COc1ccccc1CC(=O)NCC(C)(C)N.Cl. The minimum absolute atomic E-state index is 0. The lowest BCUT2D eigenvalue weighted by atomic mass is 10.1. The molecule has 0 radical (unpaired) electrons. The van der Waals surface area contributed by atoms with Crippen LogP contribution in [0.1, 0.15) is 19.4 Å². The number of hydrogen-bond donors (Lipinski definition) is 2. The van der Waals surface area contributed by atoms with E-state index in [9.17, 15) is 4.79 Å². The standard InChI is InChI=1S/C13H20N2O2.ClH/c1-13(2,14)9-15-12(16)8-10-6-4-5-7-11(10)17-3;/h4-7H,8-9,14H2,1-3H3,(H,15,16);1H. The van der Waals surface area contributed by atoms with Gasteiger partial charge in [-0.15, -0.1) is 12.4 Å². The lowest BCUT2D eigenvalue weighted by molar-refractivity contribution is -0.120. The van der Waals surface area contributed by atoms with Gasteiger partial charge in [-0.25, -0.2) is 0 Å². The molecule has 18 heavy (non-hydrogen) atoms. The number of amides is 1. The van der Waals surface area contributed by atoms with Crippen LogP contribution in [0.4, 0.5) is 0 Å². The molecule has 0 fully saturated rings. The van der Waals surface area contributed by atoms with Crippen LogP contribution in [0.3, 0.4) is 0 Å². The van der Waals surface area contributed by atoms with Gasteiger partial charge in [-0.2, -0.15) is 0 Å². The number of nitrogens with one attached hydrogen (secondary N) is 1. The van der Waals surface area contributed by atoms with Gasteiger partial charge < -0.3 is 15.8 Å². The molecule has 1 aromatic carbocycles. The van der Waals surface area contributed by atoms with Gasteiger partial charge >= 0.3 is 0 Å². The zero-order valence-corrected chi connectivity index (χ0v) is 11.8. The third kappa shape index (κ3) is 5.89. The highest BCUT2D eigenvalue weighted by Gasteiger charge is 2.13. The molecule has 0 aromatic heterocycles. The summed E-state index contributed by atoms with van der Waals surface area (Å²) < 4.78 is 5.19. The zero-order chi connectivity index (χ0) is 12.9. The smallest absolute Gasteiger partial charge is 0.224 e. The van der Waals surface area contributed by atoms with E-state index >= 15 is 0 Å². The Labute approximate surface area is 114 Å². The van der Waals surface area contributed by atoms with E-state index in [1.165, 1.54) is 0 Å². The number of benzene rings is 1. The van der Waals surface area contributed by atoms with Crippen molar-refractivity contribution in [2.75, 3.05) is 13.7 Å². The Morgan fingerprint density at radius 3 is 2.56 bits per heavy atom. The quantitative estimate of drug-likeness (QED) is 0.854. The van der Waals surface area contributed by atoms with Crippen molar-refractivity contribution in [3.63, 3.8) is 0 Å². The molecule has 0 spiro atoms. The third-order valence-corrected chi connectivity index (χ3v) is 2.28. The summed E-state index contributed by atoms with van der Waals surface area (Å²) >= 11 is 0. The molecule has 0 aliphatic rings. The van der Waals surface area contributed by atoms with Gasteiger partial charge in [-0.1, -0.05) is 18.2 Å². The molecule has 0 aliphatic heterocycles. The Hall–Kier alpha value is -1.26. The highest BCUT2D eigenvalue weighted by molar-refractivity contribution is 5.85. The van der Waals surface area contributed by atoms with Gasteiger partial charge in [-0.3, -0.25) is 4.79 Å². The molecule has 102 valence electrons. The highest BCUT2D eigenvalue weighted by Crippen LogP contribution is 2.17. The minimum atomic E-state index is -0.392. The van der Waals surface area contributed by atoms with E-state index < -0.39 is 5.54 Å². The summed E-state index contributed by atoms with van der Waals surface area (Å²) in [5.41, 5.74) is 6.28. The Morgan fingerprint density at radius 2 is 2.00 bits per heavy atom. The van der Waals surface area contributed by atoms with Crippen LogP contribution in [0.25, 0.3) is 0 Å². The van der Waals surface area contributed by atoms with Crippen LogP contribution in [-0.4, -0.2) is 25.1 Å². The maximum Gasteiger partial charge on any atom is 0.224 e. The van der Waals surface area contributed by atoms with Gasteiger partial charge in [0.1, 0.15) is 5.75 Å². The number of rotatable bonds is 5. The van der Waals surface area contributed by atoms with Crippen molar-refractivity contribution in [3.8, 4) is 5.75 Å². The predicted octanol–water partition coefficient (Wildman–Crippen LogP) is 1.51. The molecule has 0 aliphatic carbocycles. The summed E-state index contributed by atoms with van der Waals surface area (Å²) in [5.74, 6) is 0.683. The molecule has 3 N–H and O–H groups in total. The van der Waals surface area contributed by atoms with Gasteiger partial charge in [-0.05, 0) is 19.9 Å². The van der Waals surface area contributed by atoms with E-state index in [1.807, 2.05) is 38.1 Å². The molecule has 0 bridgehead atoms. The number of methoxy groups -OCH3 is 1. The first-order valence-electron chi connectivity index (χ1n) is 5.60. The van der Waals surface area contributed by atoms with Crippen LogP contribution in [-0.2, 0) is 11.2 Å². The third-order valence-electron chi connectivity index (χ3n) is 2.28. The van der Waals surface area contributed by atoms with Crippen molar-refractivity contribution in [1.29, 1.82) is 0 Å². The molecule has 4 nitrogen and oxygen atoms in total. The maximum absolute atomic E-state index is 11.7. The average molecular weight is 273 g/mol. The first-order valence-corrected chi connectivity index (χ1v) is 5.60. The number of carbonyl (C=O) groups excluding carboxylic acids is 1. The Balaban J connectivity index is 0.00000289. The molecule has 0 saturated carbocycles. The van der Waals surface area contributed by atoms with Gasteiger partial charge in [0.05, 0.1) is 13.5 Å². The summed E-state index contributed by atoms with van der Waals surface area (Å²) in [7, 11) is 1.60. The van der Waals surface area contributed by atoms with Gasteiger partial charge in [0.25, 0.3) is 0 Å². The Kier molecular flexibility index (Phi) is 6.73. The van der Waals surface area contributed by atoms with Crippen LogP contribution in [0, 0.1) is 0 Å². The Morgan fingerprint density at radius 1 is 1.39 bits per heavy atom. The molecule has 1 rings (SSSR count). The first kappa shape index (κ1) is 16.7. The number of ether oxygens (including phenoxy) is 1. The van der Waals surface area contributed by atoms with Crippen molar-refractivity contribution >= 4 is 18.3 Å². The van der Waals surface area contributed by atoms with E-state index in [1.54, 1.807) is 7.11 Å². The summed E-state index contributed by atoms with van der Waals surface area (Å²) in [6, 6.07) is 7.49. The normalized spacial score (nSPS) is 10.4. The molecule has 1 amide bonds. The topological polar surface area (TPSA) is 64.3 Å². The van der Waals surface area contributed by atoms with Crippen molar-refractivity contribution in [2.45, 2.75) is 25.8 Å². The number of nitrogens with two attached hydrogens (primary N) is 1. The summed E-state index contributed by atoms with van der Waals surface area (Å²) in [4.78, 5) is 11.7. The molecule has 1 aromatic rings. The van der Waals surface area contributed by atoms with E-state index in [0.29, 0.717) is 13.0 Å². The van der Waals surface area contributed by atoms with Crippen LogP contribution >= 0.6 is 12.4 Å². The lowest BCUT2D eigenvalue weighted by Gasteiger charge is -2.19. The van der Waals surface area contributed by atoms with E-state index in [0.717, 1.165) is 11.3 Å². The fourth-order valence-corrected chi connectivity index (χ4v) is 1.41. The summed E-state index contributed by atoms with van der Waals surface area (Å²) in [5, 5.41) is 2.80. The lowest BCUT2D eigenvalue weighted by Crippen LogP contribution is -2.45. The van der Waals surface area contributed by atoms with Crippen molar-refractivity contribution in [2.24, 2.45) is 5.73 Å². The largest absolute Gasteiger partial charge is 0.496 e. The second-order valence-electron chi connectivity index (χ2n) is 4.75. The van der Waals surface area contributed by atoms with Crippen LogP contribution in [0.2, 0.25) is 0 Å². The van der Waals surface area contributed by atoms with Gasteiger partial charge in [0.2, 0.25) is 5.91 Å². The van der Waals surface area contributed by atoms with E-state index in [4.69, 9.17) is 10.5 Å². The van der Waals surface area contributed by atoms with Crippen molar-refractivity contribution in [3.05, 3.63) is 29.8 Å². The molecule has 0 heterocycles. The fraction of sp³-hybridized carbons (Fsp3) is 0.462. The van der Waals surface area contributed by atoms with Crippen LogP contribution in [0.5, 0.6) is 5.75 Å². The average Bonchev–Trinajstić information content (AvgIpc) is 2.26. The maximum atomic E-state index is 11.7. The molecule has 0 atom stereocenters. The predicted molar refractivity (Wildman–Crippen MR) is 75.2 cm³/mol. The molecule has 0 saturated heterocycles. The number of halogens is 1. The first-order chi connectivity index (χ1) is 7.92. The fourth-order valence-electron chi connectivity index (χ4n) is 1.41. The zero-order valence-electron chi connectivity index (χ0n) is 11.0. The van der Waals surface area contributed by atoms with E-state index in [-0.39, 0.29) is 18.3 Å². The van der Waals surface area contributed by atoms with Crippen LogP contribution in [0.15, 0.2) is 24.3 Å². The van der Waals surface area contributed by atoms with Gasteiger partial charge in [0.15, 0.2) is 0 Å².